The number of carbonyl (C=O) groups is 1. The summed E-state index contributed by atoms with van der Waals surface area (Å²) in [5.41, 5.74) is 1.42. The summed E-state index contributed by atoms with van der Waals surface area (Å²) in [7, 11) is 0. The van der Waals surface area contributed by atoms with Crippen LogP contribution in [0.15, 0.2) is 60.9 Å². The van der Waals surface area contributed by atoms with Crippen LogP contribution in [0, 0.1) is 0 Å². The zero-order valence-corrected chi connectivity index (χ0v) is 20.0. The maximum atomic E-state index is 12.3. The molecule has 36 heavy (non-hydrogen) atoms. The summed E-state index contributed by atoms with van der Waals surface area (Å²) < 4.78 is 56.8. The number of aromatic nitrogens is 2. The molecule has 11 heteroatoms. The molecule has 0 saturated carbocycles. The molecular formula is C25H26F3N3O5. The Hall–Kier alpha value is -3.86. The van der Waals surface area contributed by atoms with Crippen molar-refractivity contribution in [2.24, 2.45) is 0 Å². The number of nitrogens with one attached hydrogen (secondary N) is 1. The van der Waals surface area contributed by atoms with E-state index in [0.29, 0.717) is 22.9 Å². The number of alkyl halides is 3. The highest BCUT2D eigenvalue weighted by Gasteiger charge is 2.30. The van der Waals surface area contributed by atoms with E-state index in [2.05, 4.69) is 20.0 Å². The lowest BCUT2D eigenvalue weighted by Crippen LogP contribution is -2.27. The van der Waals surface area contributed by atoms with Crippen LogP contribution in [-0.4, -0.2) is 47.7 Å². The van der Waals surface area contributed by atoms with E-state index < -0.39 is 17.9 Å². The van der Waals surface area contributed by atoms with Gasteiger partial charge in [0.25, 0.3) is 0 Å². The van der Waals surface area contributed by atoms with E-state index in [1.807, 2.05) is 12.1 Å². The molecule has 0 spiro atoms. The van der Waals surface area contributed by atoms with Gasteiger partial charge < -0.3 is 24.3 Å². The van der Waals surface area contributed by atoms with Gasteiger partial charge in [0.1, 0.15) is 42.5 Å². The summed E-state index contributed by atoms with van der Waals surface area (Å²) >= 11 is 0. The van der Waals surface area contributed by atoms with Crippen LogP contribution in [0.3, 0.4) is 0 Å². The monoisotopic (exact) mass is 505 g/mol. The van der Waals surface area contributed by atoms with Crippen molar-refractivity contribution in [1.29, 1.82) is 0 Å². The van der Waals surface area contributed by atoms with Crippen molar-refractivity contribution in [3.63, 3.8) is 0 Å². The number of halogens is 3. The van der Waals surface area contributed by atoms with Crippen molar-refractivity contribution in [3.05, 3.63) is 60.9 Å². The molecule has 0 unspecified atom stereocenters. The smallest absolute Gasteiger partial charge is 0.491 e. The zero-order valence-electron chi connectivity index (χ0n) is 20.0. The van der Waals surface area contributed by atoms with Crippen molar-refractivity contribution in [2.75, 3.05) is 25.1 Å². The van der Waals surface area contributed by atoms with E-state index in [4.69, 9.17) is 14.2 Å². The first kappa shape index (κ1) is 26.7. The second-order valence-corrected chi connectivity index (χ2v) is 8.50. The number of ether oxygens (including phenoxy) is 4. The number of hydrogen-bond donors (Lipinski definition) is 1. The maximum Gasteiger partial charge on any atom is 0.573 e. The molecule has 0 saturated heterocycles. The van der Waals surface area contributed by atoms with Gasteiger partial charge in [-0.2, -0.15) is 0 Å². The topological polar surface area (TPSA) is 91.8 Å². The van der Waals surface area contributed by atoms with Crippen molar-refractivity contribution in [3.8, 4) is 22.8 Å². The lowest BCUT2D eigenvalue weighted by molar-refractivity contribution is -0.274. The van der Waals surface area contributed by atoms with E-state index >= 15 is 0 Å². The Bertz CT molecular complexity index is 1130. The number of rotatable bonds is 10. The van der Waals surface area contributed by atoms with E-state index in [1.54, 1.807) is 39.0 Å². The number of benzene rings is 2. The summed E-state index contributed by atoms with van der Waals surface area (Å²) in [6.07, 6.45) is -3.36. The highest BCUT2D eigenvalue weighted by atomic mass is 19.4. The van der Waals surface area contributed by atoms with Gasteiger partial charge in [-0.1, -0.05) is 0 Å². The zero-order chi connectivity index (χ0) is 26.2. The molecule has 2 aromatic carbocycles. The molecule has 1 heterocycles. The van der Waals surface area contributed by atoms with Gasteiger partial charge in [0, 0.05) is 17.3 Å². The van der Waals surface area contributed by atoms with Crippen molar-refractivity contribution in [2.45, 2.75) is 32.7 Å². The van der Waals surface area contributed by atoms with Gasteiger partial charge in [0.2, 0.25) is 0 Å². The van der Waals surface area contributed by atoms with Crippen LogP contribution in [0.25, 0.3) is 11.3 Å². The van der Waals surface area contributed by atoms with Gasteiger partial charge in [-0.05, 0) is 69.3 Å². The van der Waals surface area contributed by atoms with Gasteiger partial charge in [-0.25, -0.2) is 14.8 Å². The maximum absolute atomic E-state index is 12.3. The third-order valence-electron chi connectivity index (χ3n) is 4.31. The van der Waals surface area contributed by atoms with Gasteiger partial charge in [-0.3, -0.25) is 0 Å². The fourth-order valence-electron chi connectivity index (χ4n) is 2.94. The fraction of sp³-hybridized carbons (Fsp3) is 0.320. The van der Waals surface area contributed by atoms with E-state index in [-0.39, 0.29) is 25.6 Å². The van der Waals surface area contributed by atoms with Crippen molar-refractivity contribution in [1.82, 2.24) is 9.97 Å². The highest BCUT2D eigenvalue weighted by molar-refractivity contribution is 5.71. The number of carbonyl (C=O) groups excluding carboxylic acids is 1. The lowest BCUT2D eigenvalue weighted by atomic mass is 10.1. The van der Waals surface area contributed by atoms with Gasteiger partial charge in [-0.15, -0.1) is 13.2 Å². The molecule has 3 rings (SSSR count). The third kappa shape index (κ3) is 9.41. The number of nitrogens with zero attached hydrogens (tertiary/aromatic N) is 2. The molecular weight excluding hydrogens is 479 g/mol. The molecule has 0 aliphatic heterocycles. The second kappa shape index (κ2) is 11.7. The molecule has 1 aromatic heterocycles. The average Bonchev–Trinajstić information content (AvgIpc) is 2.79. The Labute approximate surface area is 206 Å². The Morgan fingerprint density at radius 3 is 2.22 bits per heavy atom. The first-order valence-electron chi connectivity index (χ1n) is 10.9. The van der Waals surface area contributed by atoms with Crippen LogP contribution < -0.4 is 14.8 Å². The Morgan fingerprint density at radius 2 is 1.58 bits per heavy atom. The molecule has 0 amide bonds. The van der Waals surface area contributed by atoms with E-state index in [0.717, 1.165) is 5.56 Å². The molecule has 0 bridgehead atoms. The molecule has 0 atom stereocenters. The minimum absolute atomic E-state index is 0.144. The first-order valence-corrected chi connectivity index (χ1v) is 10.9. The second-order valence-electron chi connectivity index (χ2n) is 8.50. The molecule has 192 valence electrons. The SMILES string of the molecule is CC(C)(C)OC(=O)COCCOc1ccc(-c2cc(Nc3ccc(OC(F)(F)F)cc3)ncn2)cc1. The van der Waals surface area contributed by atoms with Crippen LogP contribution in [-0.2, 0) is 14.3 Å². The first-order chi connectivity index (χ1) is 17.0. The molecule has 8 nitrogen and oxygen atoms in total. The number of esters is 1. The van der Waals surface area contributed by atoms with Gasteiger partial charge in [0.05, 0.1) is 12.3 Å². The molecule has 0 fully saturated rings. The summed E-state index contributed by atoms with van der Waals surface area (Å²) in [4.78, 5) is 20.0. The molecule has 0 radical (unpaired) electrons. The van der Waals surface area contributed by atoms with Crippen LogP contribution >= 0.6 is 0 Å². The highest BCUT2D eigenvalue weighted by Crippen LogP contribution is 2.26. The van der Waals surface area contributed by atoms with Crippen LogP contribution in [0.5, 0.6) is 11.5 Å². The van der Waals surface area contributed by atoms with Gasteiger partial charge >= 0.3 is 12.3 Å². The quantitative estimate of drug-likeness (QED) is 0.284. The number of hydrogen-bond acceptors (Lipinski definition) is 8. The van der Waals surface area contributed by atoms with Gasteiger partial charge in [0.15, 0.2) is 0 Å². The Kier molecular flexibility index (Phi) is 8.70. The minimum atomic E-state index is -4.74. The largest absolute Gasteiger partial charge is 0.573 e. The van der Waals surface area contributed by atoms with Crippen molar-refractivity contribution < 1.29 is 36.9 Å². The third-order valence-corrected chi connectivity index (χ3v) is 4.31. The molecule has 0 aliphatic carbocycles. The van der Waals surface area contributed by atoms with E-state index in [9.17, 15) is 18.0 Å². The van der Waals surface area contributed by atoms with E-state index in [1.165, 1.54) is 30.6 Å². The molecule has 3 aromatic rings. The lowest BCUT2D eigenvalue weighted by Gasteiger charge is -2.19. The van der Waals surface area contributed by atoms with Crippen LogP contribution in [0.1, 0.15) is 20.8 Å². The predicted octanol–water partition coefficient (Wildman–Crippen LogP) is 5.52. The van der Waals surface area contributed by atoms with Crippen molar-refractivity contribution >= 4 is 17.5 Å². The average molecular weight is 505 g/mol. The summed E-state index contributed by atoms with van der Waals surface area (Å²) in [6.45, 7) is 5.71. The molecule has 0 aliphatic rings. The number of anilines is 2. The predicted molar refractivity (Wildman–Crippen MR) is 126 cm³/mol. The normalized spacial score (nSPS) is 11.6. The standard InChI is InChI=1S/C25H26F3N3O5/c1-24(2,3)36-23(32)15-33-12-13-34-19-8-4-17(5-9-19)21-14-22(30-16-29-21)31-18-6-10-20(11-7-18)35-25(26,27)28/h4-11,14,16H,12-13,15H2,1-3H3,(H,29,30,31). The summed E-state index contributed by atoms with van der Waals surface area (Å²) in [6, 6.07) is 14.2. The fourth-order valence-corrected chi connectivity index (χ4v) is 2.94. The molecule has 1 N–H and O–H groups in total. The summed E-state index contributed by atoms with van der Waals surface area (Å²) in [5.74, 6) is 0.339. The Morgan fingerprint density at radius 1 is 0.917 bits per heavy atom. The minimum Gasteiger partial charge on any atom is -0.491 e. The Balaban J connectivity index is 1.49. The van der Waals surface area contributed by atoms with Crippen LogP contribution in [0.2, 0.25) is 0 Å². The summed E-state index contributed by atoms with van der Waals surface area (Å²) in [5, 5.41) is 3.02. The van der Waals surface area contributed by atoms with Crippen LogP contribution in [0.4, 0.5) is 24.7 Å².